The first kappa shape index (κ1) is 10.2. The van der Waals surface area contributed by atoms with E-state index in [-0.39, 0.29) is 0 Å². The van der Waals surface area contributed by atoms with E-state index in [0.717, 1.165) is 32.4 Å². The summed E-state index contributed by atoms with van der Waals surface area (Å²) >= 11 is 0. The number of anilines is 2. The first-order chi connectivity index (χ1) is 7.07. The third-order valence-electron chi connectivity index (χ3n) is 2.84. The number of aromatic amines is 1. The summed E-state index contributed by atoms with van der Waals surface area (Å²) in [6.07, 6.45) is 2.51. The van der Waals surface area contributed by atoms with Gasteiger partial charge < -0.3 is 15.7 Å². The van der Waals surface area contributed by atoms with Crippen molar-refractivity contribution in [2.24, 2.45) is 0 Å². The second-order valence-corrected chi connectivity index (χ2v) is 4.36. The van der Waals surface area contributed by atoms with Crippen LogP contribution >= 0.6 is 0 Å². The summed E-state index contributed by atoms with van der Waals surface area (Å²) in [7, 11) is 0. The van der Waals surface area contributed by atoms with E-state index in [0.29, 0.717) is 11.9 Å². The Morgan fingerprint density at radius 3 is 2.93 bits per heavy atom. The Labute approximate surface area is 88.5 Å². The molecule has 0 saturated carbocycles. The summed E-state index contributed by atoms with van der Waals surface area (Å²) in [6, 6.07) is 0. The number of hydrogen-bond acceptors (Lipinski definition) is 5. The number of nitrogens with zero attached hydrogens (tertiary/aromatic N) is 3. The van der Waals surface area contributed by atoms with Gasteiger partial charge in [0.15, 0.2) is 0 Å². The van der Waals surface area contributed by atoms with Crippen molar-refractivity contribution >= 4 is 11.9 Å². The highest BCUT2D eigenvalue weighted by atomic mass is 16.3. The number of hydrogen-bond donors (Lipinski definition) is 3. The first-order valence-corrected chi connectivity index (χ1v) is 5.22. The summed E-state index contributed by atoms with van der Waals surface area (Å²) in [4.78, 5) is 6.13. The van der Waals surface area contributed by atoms with E-state index in [2.05, 4.69) is 15.2 Å². The molecule has 1 aromatic heterocycles. The van der Waals surface area contributed by atoms with Gasteiger partial charge in [-0.1, -0.05) is 0 Å². The number of aliphatic hydroxyl groups is 1. The van der Waals surface area contributed by atoms with Crippen molar-refractivity contribution in [3.63, 3.8) is 0 Å². The van der Waals surface area contributed by atoms with Gasteiger partial charge in [-0.3, -0.25) is 0 Å². The molecule has 6 nitrogen and oxygen atoms in total. The molecular formula is C9H17N5O. The molecule has 0 amide bonds. The lowest BCUT2D eigenvalue weighted by Gasteiger charge is -2.21. The summed E-state index contributed by atoms with van der Waals surface area (Å²) in [5.41, 5.74) is 4.91. The van der Waals surface area contributed by atoms with Gasteiger partial charge in [0.25, 0.3) is 0 Å². The zero-order valence-corrected chi connectivity index (χ0v) is 8.90. The van der Waals surface area contributed by atoms with Crippen molar-refractivity contribution in [2.75, 3.05) is 23.7 Å². The minimum atomic E-state index is -0.559. The van der Waals surface area contributed by atoms with Crippen LogP contribution in [0.3, 0.4) is 0 Å². The van der Waals surface area contributed by atoms with Gasteiger partial charge in [0.05, 0.1) is 5.60 Å². The van der Waals surface area contributed by atoms with Crippen LogP contribution in [0.2, 0.25) is 0 Å². The maximum atomic E-state index is 9.92. The maximum Gasteiger partial charge on any atom is 0.246 e. The highest BCUT2D eigenvalue weighted by molar-refractivity contribution is 5.33. The number of rotatable bonds is 1. The van der Waals surface area contributed by atoms with Crippen LogP contribution in [0.5, 0.6) is 0 Å². The Morgan fingerprint density at radius 1 is 1.47 bits per heavy atom. The van der Waals surface area contributed by atoms with Crippen LogP contribution in [0.25, 0.3) is 0 Å². The van der Waals surface area contributed by atoms with Crippen molar-refractivity contribution < 1.29 is 5.11 Å². The molecule has 84 valence electrons. The van der Waals surface area contributed by atoms with Crippen LogP contribution in [0, 0.1) is 0 Å². The molecule has 2 heterocycles. The zero-order valence-electron chi connectivity index (χ0n) is 8.90. The molecule has 1 fully saturated rings. The smallest absolute Gasteiger partial charge is 0.246 e. The number of nitrogens with one attached hydrogen (secondary N) is 1. The fraction of sp³-hybridized carbons (Fsp3) is 0.778. The largest absolute Gasteiger partial charge is 0.390 e. The Morgan fingerprint density at radius 2 is 2.27 bits per heavy atom. The summed E-state index contributed by atoms with van der Waals surface area (Å²) in [6.45, 7) is 3.51. The molecule has 1 aliphatic rings. The fourth-order valence-electron chi connectivity index (χ4n) is 1.87. The standard InChI is InChI=1S/C9H17N5O/c1-9(15)3-2-5-14(6-4-9)8-11-7(10)12-13-8/h15H,2-6H2,1H3,(H3,10,11,12,13). The molecule has 1 saturated heterocycles. The van der Waals surface area contributed by atoms with Crippen LogP contribution < -0.4 is 10.6 Å². The van der Waals surface area contributed by atoms with Gasteiger partial charge in [0.2, 0.25) is 11.9 Å². The predicted octanol–water partition coefficient (Wildman–Crippen LogP) is 0.128. The van der Waals surface area contributed by atoms with Gasteiger partial charge in [-0.15, -0.1) is 5.10 Å². The Bertz CT molecular complexity index is 335. The summed E-state index contributed by atoms with van der Waals surface area (Å²) in [5.74, 6) is 0.964. The molecule has 6 heteroatoms. The zero-order chi connectivity index (χ0) is 10.9. The van der Waals surface area contributed by atoms with E-state index in [4.69, 9.17) is 5.73 Å². The first-order valence-electron chi connectivity index (χ1n) is 5.22. The Balaban J connectivity index is 2.05. The predicted molar refractivity (Wildman–Crippen MR) is 57.5 cm³/mol. The van der Waals surface area contributed by atoms with E-state index in [1.54, 1.807) is 0 Å². The molecule has 1 unspecified atom stereocenters. The van der Waals surface area contributed by atoms with Crippen LogP contribution in [-0.4, -0.2) is 39.0 Å². The van der Waals surface area contributed by atoms with Crippen LogP contribution in [-0.2, 0) is 0 Å². The molecule has 4 N–H and O–H groups in total. The van der Waals surface area contributed by atoms with Crippen molar-refractivity contribution in [2.45, 2.75) is 31.8 Å². The maximum absolute atomic E-state index is 9.92. The normalized spacial score (nSPS) is 27.7. The molecule has 0 aromatic carbocycles. The van der Waals surface area contributed by atoms with E-state index >= 15 is 0 Å². The van der Waals surface area contributed by atoms with Gasteiger partial charge in [-0.25, -0.2) is 5.10 Å². The van der Waals surface area contributed by atoms with Gasteiger partial charge >= 0.3 is 0 Å². The van der Waals surface area contributed by atoms with Gasteiger partial charge in [-0.2, -0.15) is 4.98 Å². The van der Waals surface area contributed by atoms with E-state index in [9.17, 15) is 5.11 Å². The van der Waals surface area contributed by atoms with E-state index in [1.807, 2.05) is 11.8 Å². The van der Waals surface area contributed by atoms with E-state index < -0.39 is 5.60 Å². The third kappa shape index (κ3) is 2.38. The van der Waals surface area contributed by atoms with Crippen LogP contribution in [0.1, 0.15) is 26.2 Å². The van der Waals surface area contributed by atoms with Gasteiger partial charge in [0.1, 0.15) is 0 Å². The monoisotopic (exact) mass is 211 g/mol. The second kappa shape index (κ2) is 3.69. The highest BCUT2D eigenvalue weighted by Crippen LogP contribution is 2.23. The van der Waals surface area contributed by atoms with Crippen LogP contribution in [0.15, 0.2) is 0 Å². The number of aromatic nitrogens is 3. The van der Waals surface area contributed by atoms with Crippen molar-refractivity contribution in [1.82, 2.24) is 15.2 Å². The quantitative estimate of drug-likeness (QED) is 0.614. The average molecular weight is 211 g/mol. The third-order valence-corrected chi connectivity index (χ3v) is 2.84. The van der Waals surface area contributed by atoms with Gasteiger partial charge in [-0.05, 0) is 26.2 Å². The molecule has 1 aliphatic heterocycles. The molecule has 2 rings (SSSR count). The Kier molecular flexibility index (Phi) is 2.52. The number of H-pyrrole nitrogens is 1. The number of nitrogens with two attached hydrogens (primary N) is 1. The van der Waals surface area contributed by atoms with Crippen molar-refractivity contribution in [1.29, 1.82) is 0 Å². The molecule has 1 atom stereocenters. The molecule has 0 spiro atoms. The summed E-state index contributed by atoms with van der Waals surface area (Å²) in [5, 5.41) is 16.6. The lowest BCUT2D eigenvalue weighted by molar-refractivity contribution is 0.0481. The second-order valence-electron chi connectivity index (χ2n) is 4.36. The molecule has 0 aliphatic carbocycles. The van der Waals surface area contributed by atoms with Gasteiger partial charge in [0, 0.05) is 13.1 Å². The van der Waals surface area contributed by atoms with E-state index in [1.165, 1.54) is 0 Å². The van der Waals surface area contributed by atoms with Crippen molar-refractivity contribution in [3.8, 4) is 0 Å². The minimum Gasteiger partial charge on any atom is -0.390 e. The molecule has 15 heavy (non-hydrogen) atoms. The lowest BCUT2D eigenvalue weighted by atomic mass is 9.98. The molecule has 0 radical (unpaired) electrons. The van der Waals surface area contributed by atoms with Crippen molar-refractivity contribution in [3.05, 3.63) is 0 Å². The average Bonchev–Trinajstić information content (AvgIpc) is 2.49. The topological polar surface area (TPSA) is 91.1 Å². The molecule has 1 aromatic rings. The molecular weight excluding hydrogens is 194 g/mol. The lowest BCUT2D eigenvalue weighted by Crippen LogP contribution is -2.28. The highest BCUT2D eigenvalue weighted by Gasteiger charge is 2.26. The van der Waals surface area contributed by atoms with Crippen LogP contribution in [0.4, 0.5) is 11.9 Å². The SMILES string of the molecule is CC1(O)CCCN(c2n[nH]c(N)n2)CC1. The number of nitrogen functional groups attached to an aromatic ring is 1. The Hall–Kier alpha value is -1.30. The minimum absolute atomic E-state index is 0.334. The molecule has 0 bridgehead atoms. The fourth-order valence-corrected chi connectivity index (χ4v) is 1.87. The summed E-state index contributed by atoms with van der Waals surface area (Å²) < 4.78 is 0.